The van der Waals surface area contributed by atoms with Crippen LogP contribution in [0.15, 0.2) is 36.8 Å². The van der Waals surface area contributed by atoms with E-state index < -0.39 is 0 Å². The van der Waals surface area contributed by atoms with Crippen LogP contribution in [-0.2, 0) is 13.5 Å². The molecule has 3 N–H and O–H groups in total. The number of hydrazine groups is 1. The zero-order valence-corrected chi connectivity index (χ0v) is 9.87. The van der Waals surface area contributed by atoms with Crippen LogP contribution in [0.1, 0.15) is 23.7 Å². The smallest absolute Gasteiger partial charge is 0.0492 e. The molecule has 0 radical (unpaired) electrons. The minimum absolute atomic E-state index is 0.124. The van der Waals surface area contributed by atoms with Gasteiger partial charge in [0.15, 0.2) is 0 Å². The molecule has 0 fully saturated rings. The molecule has 2 rings (SSSR count). The first kappa shape index (κ1) is 11.8. The number of aryl methyl sites for hydroxylation is 2. The number of hydrogen-bond donors (Lipinski definition) is 2. The third-order valence-electron chi connectivity index (χ3n) is 2.90. The topological polar surface area (TPSA) is 68.8 Å². The molecule has 0 amide bonds. The molecular formula is C12H17N5. The minimum Gasteiger partial charge on any atom is -0.273 e. The van der Waals surface area contributed by atoms with E-state index in [1.807, 2.05) is 42.3 Å². The Kier molecular flexibility index (Phi) is 3.85. The summed E-state index contributed by atoms with van der Waals surface area (Å²) in [6, 6.07) is 6.10. The second-order valence-corrected chi connectivity index (χ2v) is 3.99. The highest BCUT2D eigenvalue weighted by atomic mass is 15.3. The fourth-order valence-electron chi connectivity index (χ4n) is 1.87. The molecule has 0 saturated carbocycles. The van der Waals surface area contributed by atoms with Crippen LogP contribution in [-0.4, -0.2) is 14.8 Å². The van der Waals surface area contributed by atoms with Crippen molar-refractivity contribution in [3.8, 4) is 0 Å². The van der Waals surface area contributed by atoms with E-state index in [-0.39, 0.29) is 6.04 Å². The van der Waals surface area contributed by atoms with Crippen LogP contribution in [0, 0.1) is 0 Å². The number of nitrogens with two attached hydrogens (primary N) is 1. The first-order valence-corrected chi connectivity index (χ1v) is 5.64. The van der Waals surface area contributed by atoms with Crippen molar-refractivity contribution in [1.29, 1.82) is 0 Å². The van der Waals surface area contributed by atoms with E-state index in [0.29, 0.717) is 0 Å². The Balaban J connectivity index is 1.99. The van der Waals surface area contributed by atoms with E-state index >= 15 is 0 Å². The molecule has 0 aromatic carbocycles. The maximum atomic E-state index is 5.58. The maximum absolute atomic E-state index is 5.58. The van der Waals surface area contributed by atoms with Crippen molar-refractivity contribution >= 4 is 0 Å². The molecule has 0 bridgehead atoms. The van der Waals surface area contributed by atoms with Crippen molar-refractivity contribution in [1.82, 2.24) is 20.2 Å². The zero-order chi connectivity index (χ0) is 12.1. The van der Waals surface area contributed by atoms with Crippen LogP contribution in [0.3, 0.4) is 0 Å². The summed E-state index contributed by atoms with van der Waals surface area (Å²) in [4.78, 5) is 4.10. The minimum atomic E-state index is 0.124. The fraction of sp³-hybridized carbons (Fsp3) is 0.333. The first-order chi connectivity index (χ1) is 8.31. The van der Waals surface area contributed by atoms with Gasteiger partial charge < -0.3 is 0 Å². The normalized spacial score (nSPS) is 12.6. The molecular weight excluding hydrogens is 214 g/mol. The fourth-order valence-corrected chi connectivity index (χ4v) is 1.87. The predicted molar refractivity (Wildman–Crippen MR) is 65.8 cm³/mol. The molecule has 5 heteroatoms. The van der Waals surface area contributed by atoms with Gasteiger partial charge in [0.2, 0.25) is 0 Å². The van der Waals surface area contributed by atoms with Crippen LogP contribution in [0.5, 0.6) is 0 Å². The van der Waals surface area contributed by atoms with Gasteiger partial charge >= 0.3 is 0 Å². The summed E-state index contributed by atoms with van der Waals surface area (Å²) in [5.41, 5.74) is 5.14. The lowest BCUT2D eigenvalue weighted by molar-refractivity contribution is 0.505. The summed E-state index contributed by atoms with van der Waals surface area (Å²) in [6.07, 6.45) is 7.26. The number of pyridine rings is 1. The number of nitrogens with zero attached hydrogens (tertiary/aromatic N) is 3. The monoisotopic (exact) mass is 231 g/mol. The van der Waals surface area contributed by atoms with Crippen LogP contribution in [0.4, 0.5) is 0 Å². The van der Waals surface area contributed by atoms with Gasteiger partial charge in [0.05, 0.1) is 0 Å². The van der Waals surface area contributed by atoms with Crippen molar-refractivity contribution in [3.63, 3.8) is 0 Å². The van der Waals surface area contributed by atoms with Gasteiger partial charge in [-0.15, -0.1) is 0 Å². The van der Waals surface area contributed by atoms with E-state index in [4.69, 9.17) is 5.84 Å². The SMILES string of the molecule is Cn1nccc1CCC(NN)c1cccnc1. The molecule has 2 aromatic rings. The lowest BCUT2D eigenvalue weighted by Crippen LogP contribution is -2.28. The van der Waals surface area contributed by atoms with Crippen molar-refractivity contribution in [2.75, 3.05) is 0 Å². The maximum Gasteiger partial charge on any atom is 0.0492 e. The highest BCUT2D eigenvalue weighted by Crippen LogP contribution is 2.16. The summed E-state index contributed by atoms with van der Waals surface area (Å²) < 4.78 is 1.89. The van der Waals surface area contributed by atoms with Crippen LogP contribution in [0.25, 0.3) is 0 Å². The summed E-state index contributed by atoms with van der Waals surface area (Å²) in [5, 5.41) is 4.15. The quantitative estimate of drug-likeness (QED) is 0.594. The van der Waals surface area contributed by atoms with Crippen molar-refractivity contribution < 1.29 is 0 Å². The Morgan fingerprint density at radius 1 is 1.41 bits per heavy atom. The average Bonchev–Trinajstić information content (AvgIpc) is 2.77. The van der Waals surface area contributed by atoms with E-state index in [1.165, 1.54) is 5.69 Å². The molecule has 17 heavy (non-hydrogen) atoms. The Morgan fingerprint density at radius 2 is 2.29 bits per heavy atom. The van der Waals surface area contributed by atoms with Crippen LogP contribution >= 0.6 is 0 Å². The van der Waals surface area contributed by atoms with Crippen LogP contribution < -0.4 is 11.3 Å². The number of aromatic nitrogens is 3. The Labute approximate surface area is 101 Å². The number of nitrogens with one attached hydrogen (secondary N) is 1. The Bertz CT molecular complexity index is 451. The van der Waals surface area contributed by atoms with Crippen molar-refractivity contribution in [2.45, 2.75) is 18.9 Å². The lowest BCUT2D eigenvalue weighted by Gasteiger charge is -2.15. The lowest BCUT2D eigenvalue weighted by atomic mass is 10.0. The number of rotatable bonds is 5. The van der Waals surface area contributed by atoms with E-state index in [0.717, 1.165) is 18.4 Å². The van der Waals surface area contributed by atoms with Crippen LogP contribution in [0.2, 0.25) is 0 Å². The number of hydrogen-bond acceptors (Lipinski definition) is 4. The summed E-state index contributed by atoms with van der Waals surface area (Å²) in [5.74, 6) is 5.58. The van der Waals surface area contributed by atoms with E-state index in [2.05, 4.69) is 15.5 Å². The second kappa shape index (κ2) is 5.56. The highest BCUT2D eigenvalue weighted by molar-refractivity contribution is 5.14. The average molecular weight is 231 g/mol. The van der Waals surface area contributed by atoms with Gasteiger partial charge in [-0.3, -0.25) is 20.9 Å². The molecule has 0 saturated heterocycles. The first-order valence-electron chi connectivity index (χ1n) is 5.64. The Hall–Kier alpha value is -1.72. The predicted octanol–water partition coefficient (Wildman–Crippen LogP) is 0.952. The second-order valence-electron chi connectivity index (χ2n) is 3.99. The molecule has 1 unspecified atom stereocenters. The van der Waals surface area contributed by atoms with Gasteiger partial charge in [-0.1, -0.05) is 6.07 Å². The molecule has 2 aromatic heterocycles. The summed E-state index contributed by atoms with van der Waals surface area (Å²) in [6.45, 7) is 0. The molecule has 90 valence electrons. The molecule has 1 atom stereocenters. The Morgan fingerprint density at radius 3 is 2.88 bits per heavy atom. The third-order valence-corrected chi connectivity index (χ3v) is 2.90. The molecule has 0 aliphatic carbocycles. The summed E-state index contributed by atoms with van der Waals surface area (Å²) >= 11 is 0. The van der Waals surface area contributed by atoms with Gasteiger partial charge in [0.1, 0.15) is 0 Å². The summed E-state index contributed by atoms with van der Waals surface area (Å²) in [7, 11) is 1.95. The largest absolute Gasteiger partial charge is 0.273 e. The molecule has 0 aliphatic heterocycles. The third kappa shape index (κ3) is 2.89. The van der Waals surface area contributed by atoms with Gasteiger partial charge in [0, 0.05) is 37.4 Å². The standard InChI is InChI=1S/C12H17N5/c1-17-11(6-8-15-17)4-5-12(16-13)10-3-2-7-14-9-10/h2-3,6-9,12,16H,4-5,13H2,1H3. The molecule has 0 aliphatic rings. The zero-order valence-electron chi connectivity index (χ0n) is 9.87. The van der Waals surface area contributed by atoms with Gasteiger partial charge in [-0.25, -0.2) is 0 Å². The van der Waals surface area contributed by atoms with E-state index in [1.54, 1.807) is 6.20 Å². The highest BCUT2D eigenvalue weighted by Gasteiger charge is 2.10. The molecule has 2 heterocycles. The van der Waals surface area contributed by atoms with Gasteiger partial charge in [-0.05, 0) is 30.5 Å². The van der Waals surface area contributed by atoms with Gasteiger partial charge in [-0.2, -0.15) is 5.10 Å². The van der Waals surface area contributed by atoms with Crippen molar-refractivity contribution in [2.24, 2.45) is 12.9 Å². The molecule has 5 nitrogen and oxygen atoms in total. The molecule has 0 spiro atoms. The van der Waals surface area contributed by atoms with Gasteiger partial charge in [0.25, 0.3) is 0 Å². The van der Waals surface area contributed by atoms with Crippen molar-refractivity contribution in [3.05, 3.63) is 48.0 Å². The van der Waals surface area contributed by atoms with E-state index in [9.17, 15) is 0 Å².